The summed E-state index contributed by atoms with van der Waals surface area (Å²) in [5.74, 6) is 0. The number of para-hydroxylation sites is 1. The van der Waals surface area contributed by atoms with Crippen molar-refractivity contribution in [3.8, 4) is 0 Å². The number of anilines is 2. The summed E-state index contributed by atoms with van der Waals surface area (Å²) in [7, 11) is 1.77. The summed E-state index contributed by atoms with van der Waals surface area (Å²) in [5, 5.41) is 0.618. The highest BCUT2D eigenvalue weighted by Gasteiger charge is 2.31. The van der Waals surface area contributed by atoms with Gasteiger partial charge in [-0.3, -0.25) is 0 Å². The molecule has 1 atom stereocenters. The zero-order valence-electron chi connectivity index (χ0n) is 10.4. The highest BCUT2D eigenvalue weighted by molar-refractivity contribution is 6.33. The van der Waals surface area contributed by atoms with Gasteiger partial charge in [0.1, 0.15) is 0 Å². The Morgan fingerprint density at radius 1 is 1.47 bits per heavy atom. The second kappa shape index (κ2) is 4.75. The molecule has 4 heteroatoms. The summed E-state index contributed by atoms with van der Waals surface area (Å²) in [4.78, 5) is 2.26. The molecule has 1 fully saturated rings. The molecule has 0 aliphatic carbocycles. The molecular weight excluding hydrogens is 236 g/mol. The van der Waals surface area contributed by atoms with Crippen molar-refractivity contribution in [3.63, 3.8) is 0 Å². The zero-order chi connectivity index (χ0) is 12.5. The Labute approximate surface area is 107 Å². The number of hydrogen-bond acceptors (Lipinski definition) is 3. The lowest BCUT2D eigenvalue weighted by molar-refractivity contribution is -0.00462. The van der Waals surface area contributed by atoms with Gasteiger partial charge in [-0.15, -0.1) is 0 Å². The van der Waals surface area contributed by atoms with E-state index in [1.54, 1.807) is 7.11 Å². The minimum Gasteiger partial charge on any atom is -0.396 e. The van der Waals surface area contributed by atoms with Crippen LogP contribution in [0.2, 0.25) is 5.02 Å². The zero-order valence-corrected chi connectivity index (χ0v) is 11.1. The Hall–Kier alpha value is -0.930. The van der Waals surface area contributed by atoms with Crippen molar-refractivity contribution < 1.29 is 4.74 Å². The highest BCUT2D eigenvalue weighted by Crippen LogP contribution is 2.34. The standard InChI is InChI=1S/C13H19ClN2O/c1-13(17-2)7-4-8-16(9-13)11-6-3-5-10(14)12(11)15/h3,5-6H,4,7-9,15H2,1-2H3. The van der Waals surface area contributed by atoms with Gasteiger partial charge in [0.05, 0.1) is 22.0 Å². The minimum absolute atomic E-state index is 0.0903. The second-order valence-electron chi connectivity index (χ2n) is 4.85. The number of hydrogen-bond donors (Lipinski definition) is 1. The number of ether oxygens (including phenoxy) is 1. The third kappa shape index (κ3) is 2.50. The average Bonchev–Trinajstić information content (AvgIpc) is 2.33. The molecule has 1 aromatic rings. The molecule has 0 saturated carbocycles. The molecule has 0 spiro atoms. The summed E-state index contributed by atoms with van der Waals surface area (Å²) < 4.78 is 5.58. The van der Waals surface area contributed by atoms with Crippen molar-refractivity contribution in [3.05, 3.63) is 23.2 Å². The van der Waals surface area contributed by atoms with Crippen LogP contribution in [0, 0.1) is 0 Å². The monoisotopic (exact) mass is 254 g/mol. The van der Waals surface area contributed by atoms with Crippen LogP contribution < -0.4 is 10.6 Å². The third-order valence-corrected chi connectivity index (χ3v) is 3.85. The fraction of sp³-hybridized carbons (Fsp3) is 0.538. The van der Waals surface area contributed by atoms with Gasteiger partial charge in [0.15, 0.2) is 0 Å². The molecule has 2 N–H and O–H groups in total. The molecule has 1 aliphatic rings. The summed E-state index contributed by atoms with van der Waals surface area (Å²) in [6, 6.07) is 5.77. The van der Waals surface area contributed by atoms with E-state index < -0.39 is 0 Å². The Morgan fingerprint density at radius 2 is 2.24 bits per heavy atom. The van der Waals surface area contributed by atoms with Crippen LogP contribution in [0.5, 0.6) is 0 Å². The molecular formula is C13H19ClN2O. The first-order chi connectivity index (χ1) is 8.06. The fourth-order valence-corrected chi connectivity index (χ4v) is 2.55. The predicted octanol–water partition coefficient (Wildman–Crippen LogP) is 2.93. The molecule has 0 aromatic heterocycles. The lowest BCUT2D eigenvalue weighted by Crippen LogP contribution is -2.47. The van der Waals surface area contributed by atoms with E-state index in [1.165, 1.54) is 0 Å². The summed E-state index contributed by atoms with van der Waals surface area (Å²) in [6.45, 7) is 4.00. The lowest BCUT2D eigenvalue weighted by atomic mass is 9.94. The molecule has 94 valence electrons. The SMILES string of the molecule is COC1(C)CCCN(c2cccc(Cl)c2N)C1. The van der Waals surface area contributed by atoms with E-state index in [1.807, 2.05) is 18.2 Å². The van der Waals surface area contributed by atoms with Crippen molar-refractivity contribution >= 4 is 23.0 Å². The summed E-state index contributed by atoms with van der Waals surface area (Å²) >= 11 is 6.06. The molecule has 1 aromatic carbocycles. The van der Waals surface area contributed by atoms with Crippen LogP contribution in [0.3, 0.4) is 0 Å². The van der Waals surface area contributed by atoms with Gasteiger partial charge >= 0.3 is 0 Å². The van der Waals surface area contributed by atoms with Crippen LogP contribution in [-0.4, -0.2) is 25.8 Å². The highest BCUT2D eigenvalue weighted by atomic mass is 35.5. The van der Waals surface area contributed by atoms with Crippen molar-refractivity contribution in [1.29, 1.82) is 0 Å². The van der Waals surface area contributed by atoms with E-state index in [4.69, 9.17) is 22.1 Å². The number of piperidine rings is 1. The van der Waals surface area contributed by atoms with Crippen molar-refractivity contribution in [2.75, 3.05) is 30.8 Å². The molecule has 1 unspecified atom stereocenters. The van der Waals surface area contributed by atoms with E-state index in [-0.39, 0.29) is 5.60 Å². The van der Waals surface area contributed by atoms with Crippen LogP contribution in [0.15, 0.2) is 18.2 Å². The van der Waals surface area contributed by atoms with E-state index in [0.717, 1.165) is 31.6 Å². The van der Waals surface area contributed by atoms with Gasteiger partial charge in [-0.05, 0) is 31.9 Å². The molecule has 17 heavy (non-hydrogen) atoms. The van der Waals surface area contributed by atoms with E-state index in [2.05, 4.69) is 11.8 Å². The van der Waals surface area contributed by atoms with Gasteiger partial charge in [-0.25, -0.2) is 0 Å². The Kier molecular flexibility index (Phi) is 3.50. The topological polar surface area (TPSA) is 38.5 Å². The largest absolute Gasteiger partial charge is 0.396 e. The van der Waals surface area contributed by atoms with Crippen LogP contribution in [-0.2, 0) is 4.74 Å². The molecule has 0 radical (unpaired) electrons. The quantitative estimate of drug-likeness (QED) is 0.825. The van der Waals surface area contributed by atoms with Gasteiger partial charge in [-0.2, -0.15) is 0 Å². The van der Waals surface area contributed by atoms with Gasteiger partial charge in [0.25, 0.3) is 0 Å². The number of nitrogens with zero attached hydrogens (tertiary/aromatic N) is 1. The molecule has 1 saturated heterocycles. The number of rotatable bonds is 2. The summed E-state index contributed by atoms with van der Waals surface area (Å²) in [6.07, 6.45) is 2.19. The van der Waals surface area contributed by atoms with Crippen LogP contribution in [0.1, 0.15) is 19.8 Å². The maximum absolute atomic E-state index is 6.06. The Bertz CT molecular complexity index is 410. The van der Waals surface area contributed by atoms with Crippen molar-refractivity contribution in [2.45, 2.75) is 25.4 Å². The normalized spacial score (nSPS) is 25.0. The maximum atomic E-state index is 6.06. The maximum Gasteiger partial charge on any atom is 0.0825 e. The fourth-order valence-electron chi connectivity index (χ4n) is 2.38. The summed E-state index contributed by atoms with van der Waals surface area (Å²) in [5.41, 5.74) is 7.61. The number of benzene rings is 1. The molecule has 3 nitrogen and oxygen atoms in total. The molecule has 2 rings (SSSR count). The predicted molar refractivity (Wildman–Crippen MR) is 72.7 cm³/mol. The van der Waals surface area contributed by atoms with Gasteiger partial charge < -0.3 is 15.4 Å². The van der Waals surface area contributed by atoms with E-state index in [9.17, 15) is 0 Å². The third-order valence-electron chi connectivity index (χ3n) is 3.52. The Morgan fingerprint density at radius 3 is 2.94 bits per heavy atom. The van der Waals surface area contributed by atoms with Gasteiger partial charge in [0, 0.05) is 20.2 Å². The van der Waals surface area contributed by atoms with Crippen molar-refractivity contribution in [2.24, 2.45) is 0 Å². The molecule has 1 aliphatic heterocycles. The number of methoxy groups -OCH3 is 1. The van der Waals surface area contributed by atoms with Crippen LogP contribution in [0.25, 0.3) is 0 Å². The first kappa shape index (κ1) is 12.5. The Balaban J connectivity index is 2.25. The number of nitrogens with two attached hydrogens (primary N) is 1. The number of halogens is 1. The molecule has 0 amide bonds. The average molecular weight is 255 g/mol. The molecule has 1 heterocycles. The first-order valence-electron chi connectivity index (χ1n) is 5.90. The van der Waals surface area contributed by atoms with Gasteiger partial charge in [-0.1, -0.05) is 17.7 Å². The number of nitrogen functional groups attached to an aromatic ring is 1. The smallest absolute Gasteiger partial charge is 0.0825 e. The minimum atomic E-state index is -0.0903. The van der Waals surface area contributed by atoms with Crippen LogP contribution in [0.4, 0.5) is 11.4 Å². The van der Waals surface area contributed by atoms with E-state index in [0.29, 0.717) is 10.7 Å². The lowest BCUT2D eigenvalue weighted by Gasteiger charge is -2.41. The molecule has 0 bridgehead atoms. The van der Waals surface area contributed by atoms with E-state index >= 15 is 0 Å². The van der Waals surface area contributed by atoms with Gasteiger partial charge in [0.2, 0.25) is 0 Å². The second-order valence-corrected chi connectivity index (χ2v) is 5.26. The van der Waals surface area contributed by atoms with Crippen LogP contribution >= 0.6 is 11.6 Å². The van der Waals surface area contributed by atoms with Crippen molar-refractivity contribution in [1.82, 2.24) is 0 Å². The first-order valence-corrected chi connectivity index (χ1v) is 6.28.